The highest BCUT2D eigenvalue weighted by molar-refractivity contribution is 5.99. The molecule has 5 rings (SSSR count). The number of halogens is 1. The Labute approximate surface area is 178 Å². The molecule has 31 heavy (non-hydrogen) atoms. The largest absolute Gasteiger partial charge is 0.479 e. The molecular weight excluding hydrogens is 397 g/mol. The Morgan fingerprint density at radius 2 is 2.13 bits per heavy atom. The Hall–Kier alpha value is -3.19. The van der Waals surface area contributed by atoms with Crippen LogP contribution in [0.15, 0.2) is 36.5 Å². The summed E-state index contributed by atoms with van der Waals surface area (Å²) in [6.45, 7) is 6.38. The second-order valence-corrected chi connectivity index (χ2v) is 8.64. The van der Waals surface area contributed by atoms with E-state index in [9.17, 15) is 14.3 Å². The van der Waals surface area contributed by atoms with E-state index in [4.69, 9.17) is 4.74 Å². The molecule has 0 saturated carbocycles. The Morgan fingerprint density at radius 1 is 1.32 bits per heavy atom. The number of ether oxygens (including phenoxy) is 1. The van der Waals surface area contributed by atoms with Crippen LogP contribution in [0, 0.1) is 12.7 Å². The van der Waals surface area contributed by atoms with Crippen LogP contribution >= 0.6 is 0 Å². The number of aliphatic carboxylic acids is 1. The van der Waals surface area contributed by atoms with Crippen LogP contribution in [0.3, 0.4) is 0 Å². The fourth-order valence-electron chi connectivity index (χ4n) is 4.81. The number of aryl methyl sites for hydroxylation is 1. The molecule has 160 valence electrons. The predicted octanol–water partition coefficient (Wildman–Crippen LogP) is 5.03. The van der Waals surface area contributed by atoms with Crippen LogP contribution in [0.5, 0.6) is 0 Å². The minimum atomic E-state index is -0.928. The first-order chi connectivity index (χ1) is 14.8. The number of rotatable bonds is 4. The molecule has 0 radical (unpaired) electrons. The third-order valence-electron chi connectivity index (χ3n) is 6.23. The Bertz CT molecular complexity index is 1320. The van der Waals surface area contributed by atoms with E-state index in [0.717, 1.165) is 38.8 Å². The molecule has 0 bridgehead atoms. The van der Waals surface area contributed by atoms with Crippen molar-refractivity contribution in [3.05, 3.63) is 59.2 Å². The van der Waals surface area contributed by atoms with Crippen LogP contribution in [-0.4, -0.2) is 38.6 Å². The lowest BCUT2D eigenvalue weighted by Gasteiger charge is -2.18. The van der Waals surface area contributed by atoms with E-state index in [-0.39, 0.29) is 17.7 Å². The van der Waals surface area contributed by atoms with Gasteiger partial charge < -0.3 is 14.4 Å². The van der Waals surface area contributed by atoms with Gasteiger partial charge in [-0.05, 0) is 60.7 Å². The van der Waals surface area contributed by atoms with E-state index >= 15 is 0 Å². The minimum absolute atomic E-state index is 0.0378. The summed E-state index contributed by atoms with van der Waals surface area (Å²) in [6.07, 6.45) is 1.42. The first-order valence-electron chi connectivity index (χ1n) is 10.5. The zero-order valence-electron chi connectivity index (χ0n) is 17.6. The van der Waals surface area contributed by atoms with Crippen molar-refractivity contribution in [2.24, 2.45) is 0 Å². The molecule has 3 heterocycles. The molecule has 1 fully saturated rings. The number of carboxylic acids is 1. The molecule has 2 atom stereocenters. The fraction of sp³-hybridized carbons (Fsp3) is 0.333. The lowest BCUT2D eigenvalue weighted by molar-refractivity contribution is -0.147. The highest BCUT2D eigenvalue weighted by Gasteiger charge is 2.36. The van der Waals surface area contributed by atoms with Gasteiger partial charge in [-0.15, -0.1) is 0 Å². The third kappa shape index (κ3) is 3.11. The summed E-state index contributed by atoms with van der Waals surface area (Å²) in [5.74, 6) is -1.04. The Kier molecular flexibility index (Phi) is 4.59. The van der Waals surface area contributed by atoms with Gasteiger partial charge in [-0.2, -0.15) is 5.10 Å². The molecule has 1 saturated heterocycles. The number of nitrogens with one attached hydrogen (secondary N) is 1. The molecule has 4 aromatic rings. The molecule has 2 aromatic heterocycles. The minimum Gasteiger partial charge on any atom is -0.479 e. The number of nitrogens with zero attached hydrogens (tertiary/aromatic N) is 2. The van der Waals surface area contributed by atoms with Crippen molar-refractivity contribution in [1.82, 2.24) is 14.8 Å². The maximum absolute atomic E-state index is 14.0. The molecule has 6 nitrogen and oxygen atoms in total. The second-order valence-electron chi connectivity index (χ2n) is 8.64. The van der Waals surface area contributed by atoms with Gasteiger partial charge in [0.25, 0.3) is 0 Å². The number of H-pyrrole nitrogens is 1. The number of aromatic nitrogens is 3. The van der Waals surface area contributed by atoms with Crippen molar-refractivity contribution in [2.75, 3.05) is 6.61 Å². The highest BCUT2D eigenvalue weighted by Crippen LogP contribution is 2.43. The summed E-state index contributed by atoms with van der Waals surface area (Å²) in [6, 6.07) is 9.32. The molecule has 0 aliphatic carbocycles. The van der Waals surface area contributed by atoms with Crippen molar-refractivity contribution in [3.63, 3.8) is 0 Å². The summed E-state index contributed by atoms with van der Waals surface area (Å²) in [5, 5.41) is 18.7. The van der Waals surface area contributed by atoms with E-state index in [1.54, 1.807) is 19.2 Å². The van der Waals surface area contributed by atoms with E-state index in [1.165, 1.54) is 6.07 Å². The first kappa shape index (κ1) is 19.8. The van der Waals surface area contributed by atoms with Crippen LogP contribution in [0.1, 0.15) is 48.9 Å². The van der Waals surface area contributed by atoms with Gasteiger partial charge in [0.15, 0.2) is 6.10 Å². The van der Waals surface area contributed by atoms with Gasteiger partial charge >= 0.3 is 5.97 Å². The van der Waals surface area contributed by atoms with Crippen molar-refractivity contribution < 1.29 is 19.0 Å². The fourth-order valence-corrected chi connectivity index (χ4v) is 4.81. The smallest absolute Gasteiger partial charge is 0.332 e. The highest BCUT2D eigenvalue weighted by atomic mass is 19.1. The number of benzene rings is 2. The van der Waals surface area contributed by atoms with Crippen LogP contribution in [0.4, 0.5) is 4.39 Å². The number of fused-ring (bicyclic) bond motifs is 2. The van der Waals surface area contributed by atoms with Crippen LogP contribution in [0.25, 0.3) is 27.5 Å². The molecule has 7 heteroatoms. The first-order valence-corrected chi connectivity index (χ1v) is 10.5. The average Bonchev–Trinajstić information content (AvgIpc) is 3.44. The lowest BCUT2D eigenvalue weighted by Crippen LogP contribution is -2.18. The number of carbonyl (C=O) groups is 1. The van der Waals surface area contributed by atoms with Gasteiger partial charge in [-0.1, -0.05) is 13.8 Å². The zero-order valence-corrected chi connectivity index (χ0v) is 17.6. The van der Waals surface area contributed by atoms with E-state index in [0.29, 0.717) is 18.6 Å². The molecule has 1 aliphatic rings. The lowest BCUT2D eigenvalue weighted by atomic mass is 9.90. The molecule has 0 spiro atoms. The molecule has 1 aliphatic heterocycles. The normalized spacial score (nSPS) is 19.1. The van der Waals surface area contributed by atoms with Gasteiger partial charge in [0.2, 0.25) is 0 Å². The maximum Gasteiger partial charge on any atom is 0.332 e. The quantitative estimate of drug-likeness (QED) is 0.484. The monoisotopic (exact) mass is 421 g/mol. The molecule has 2 unspecified atom stereocenters. The van der Waals surface area contributed by atoms with E-state index < -0.39 is 12.1 Å². The third-order valence-corrected chi connectivity index (χ3v) is 6.23. The van der Waals surface area contributed by atoms with Crippen LogP contribution in [0.2, 0.25) is 0 Å². The van der Waals surface area contributed by atoms with Gasteiger partial charge in [0.05, 0.1) is 23.8 Å². The van der Waals surface area contributed by atoms with Crippen molar-refractivity contribution in [2.45, 2.75) is 45.1 Å². The summed E-state index contributed by atoms with van der Waals surface area (Å²) in [4.78, 5) is 11.5. The number of hydrogen-bond donors (Lipinski definition) is 2. The van der Waals surface area contributed by atoms with Gasteiger partial charge in [-0.3, -0.25) is 5.10 Å². The Balaban J connectivity index is 1.83. The summed E-state index contributed by atoms with van der Waals surface area (Å²) in [5.41, 5.74) is 5.58. The summed E-state index contributed by atoms with van der Waals surface area (Å²) in [7, 11) is 0. The molecule has 0 amide bonds. The van der Waals surface area contributed by atoms with Crippen molar-refractivity contribution in [3.8, 4) is 5.69 Å². The summed E-state index contributed by atoms with van der Waals surface area (Å²) >= 11 is 0. The SMILES string of the molecule is Cc1cc(-n2c(C(C)C)c(C3COC(C(=O)O)C3)c3cc4[nH]ncc4cc32)ccc1F. The van der Waals surface area contributed by atoms with Gasteiger partial charge in [-0.25, -0.2) is 9.18 Å². The number of aromatic amines is 1. The molecule has 2 aromatic carbocycles. The predicted molar refractivity (Wildman–Crippen MR) is 116 cm³/mol. The van der Waals surface area contributed by atoms with Gasteiger partial charge in [0.1, 0.15) is 5.82 Å². The average molecular weight is 421 g/mol. The molecule has 2 N–H and O–H groups in total. The number of carboxylic acid groups (broad SMARTS) is 1. The van der Waals surface area contributed by atoms with E-state index in [1.807, 2.05) is 6.07 Å². The van der Waals surface area contributed by atoms with Crippen LogP contribution in [-0.2, 0) is 9.53 Å². The van der Waals surface area contributed by atoms with Gasteiger partial charge in [0, 0.05) is 28.1 Å². The standard InChI is InChI=1S/C24H24FN3O3/c1-12(2)23-22(15-8-21(24(29)30)31-11-15)17-9-19-14(10-26-27-19)7-20(17)28(23)16-4-5-18(25)13(3)6-16/h4-7,9-10,12,15,21H,8,11H2,1-3H3,(H,26,27)(H,29,30). The Morgan fingerprint density at radius 3 is 2.81 bits per heavy atom. The maximum atomic E-state index is 14.0. The van der Waals surface area contributed by atoms with E-state index in [2.05, 4.69) is 40.7 Å². The second kappa shape index (κ2) is 7.20. The topological polar surface area (TPSA) is 80.1 Å². The van der Waals surface area contributed by atoms with Crippen molar-refractivity contribution in [1.29, 1.82) is 0 Å². The van der Waals surface area contributed by atoms with Crippen molar-refractivity contribution >= 4 is 27.8 Å². The number of hydrogen-bond acceptors (Lipinski definition) is 3. The summed E-state index contributed by atoms with van der Waals surface area (Å²) < 4.78 is 21.8. The molecular formula is C24H24FN3O3. The van der Waals surface area contributed by atoms with Crippen LogP contribution < -0.4 is 0 Å². The zero-order chi connectivity index (χ0) is 21.9.